The molecule has 16 heavy (non-hydrogen) atoms. The van der Waals surface area contributed by atoms with E-state index in [4.69, 9.17) is 10.2 Å². The second-order valence-corrected chi connectivity index (χ2v) is 3.18. The molecule has 0 saturated carbocycles. The summed E-state index contributed by atoms with van der Waals surface area (Å²) in [5, 5.41) is 19.8. The molecule has 1 aromatic rings. The number of anilines is 1. The SMILES string of the molecule is Cc1cc(NC(CC(=O)O)C(=O)O)ncn1. The van der Waals surface area contributed by atoms with Gasteiger partial charge in [0.2, 0.25) is 0 Å². The monoisotopic (exact) mass is 225 g/mol. The quantitative estimate of drug-likeness (QED) is 0.652. The molecule has 0 aliphatic heterocycles. The summed E-state index contributed by atoms with van der Waals surface area (Å²) in [7, 11) is 0. The molecule has 7 nitrogen and oxygen atoms in total. The van der Waals surface area contributed by atoms with E-state index in [2.05, 4.69) is 15.3 Å². The average Bonchev–Trinajstić information content (AvgIpc) is 2.15. The van der Waals surface area contributed by atoms with Gasteiger partial charge in [0, 0.05) is 11.8 Å². The van der Waals surface area contributed by atoms with E-state index in [1.165, 1.54) is 12.4 Å². The van der Waals surface area contributed by atoms with Crippen LogP contribution in [0, 0.1) is 6.92 Å². The van der Waals surface area contributed by atoms with E-state index in [-0.39, 0.29) is 0 Å². The largest absolute Gasteiger partial charge is 0.481 e. The van der Waals surface area contributed by atoms with Gasteiger partial charge >= 0.3 is 11.9 Å². The van der Waals surface area contributed by atoms with E-state index >= 15 is 0 Å². The number of hydrogen-bond donors (Lipinski definition) is 3. The van der Waals surface area contributed by atoms with Crippen molar-refractivity contribution >= 4 is 17.8 Å². The first kappa shape index (κ1) is 11.9. The number of carboxylic acid groups (broad SMARTS) is 2. The number of nitrogens with zero attached hydrogens (tertiary/aromatic N) is 2. The number of rotatable bonds is 5. The lowest BCUT2D eigenvalue weighted by Gasteiger charge is -2.12. The first-order valence-electron chi connectivity index (χ1n) is 4.49. The van der Waals surface area contributed by atoms with Crippen LogP contribution in [-0.2, 0) is 9.59 Å². The van der Waals surface area contributed by atoms with Crippen LogP contribution in [-0.4, -0.2) is 38.2 Å². The minimum atomic E-state index is -1.24. The smallest absolute Gasteiger partial charge is 0.326 e. The summed E-state index contributed by atoms with van der Waals surface area (Å²) in [5.74, 6) is -2.13. The van der Waals surface area contributed by atoms with Gasteiger partial charge in [0.15, 0.2) is 0 Å². The molecule has 0 fully saturated rings. The first-order valence-corrected chi connectivity index (χ1v) is 4.49. The molecule has 0 aliphatic rings. The van der Waals surface area contributed by atoms with Gasteiger partial charge in [0.25, 0.3) is 0 Å². The maximum atomic E-state index is 10.8. The highest BCUT2D eigenvalue weighted by molar-refractivity contribution is 5.83. The van der Waals surface area contributed by atoms with E-state index in [0.29, 0.717) is 11.5 Å². The number of aliphatic carboxylic acids is 2. The summed E-state index contributed by atoms with van der Waals surface area (Å²) in [4.78, 5) is 28.8. The van der Waals surface area contributed by atoms with Gasteiger partial charge in [-0.25, -0.2) is 14.8 Å². The third kappa shape index (κ3) is 3.52. The van der Waals surface area contributed by atoms with Gasteiger partial charge in [-0.15, -0.1) is 0 Å². The molecule has 1 rings (SSSR count). The van der Waals surface area contributed by atoms with E-state index in [1.54, 1.807) is 6.92 Å². The van der Waals surface area contributed by atoms with Crippen molar-refractivity contribution in [3.8, 4) is 0 Å². The van der Waals surface area contributed by atoms with Crippen molar-refractivity contribution in [1.82, 2.24) is 9.97 Å². The van der Waals surface area contributed by atoms with Crippen molar-refractivity contribution in [3.63, 3.8) is 0 Å². The summed E-state index contributed by atoms with van der Waals surface area (Å²) in [6.07, 6.45) is 0.760. The summed E-state index contributed by atoms with van der Waals surface area (Å²) in [5.41, 5.74) is 0.664. The standard InChI is InChI=1S/C9H11N3O4/c1-5-2-7(11-4-10-5)12-6(9(15)16)3-8(13)14/h2,4,6H,3H2,1H3,(H,13,14)(H,15,16)(H,10,11,12). The molecule has 7 heteroatoms. The van der Waals surface area contributed by atoms with Crippen LogP contribution in [0.25, 0.3) is 0 Å². The lowest BCUT2D eigenvalue weighted by Crippen LogP contribution is -2.32. The molecule has 1 heterocycles. The lowest BCUT2D eigenvalue weighted by atomic mass is 10.2. The van der Waals surface area contributed by atoms with Crippen LogP contribution in [0.5, 0.6) is 0 Å². The maximum Gasteiger partial charge on any atom is 0.326 e. The highest BCUT2D eigenvalue weighted by Gasteiger charge is 2.21. The van der Waals surface area contributed by atoms with Crippen molar-refractivity contribution < 1.29 is 19.8 Å². The van der Waals surface area contributed by atoms with Gasteiger partial charge in [-0.3, -0.25) is 4.79 Å². The number of carboxylic acids is 2. The van der Waals surface area contributed by atoms with Crippen molar-refractivity contribution in [1.29, 1.82) is 0 Å². The van der Waals surface area contributed by atoms with Crippen LogP contribution in [0.4, 0.5) is 5.82 Å². The van der Waals surface area contributed by atoms with Crippen LogP contribution < -0.4 is 5.32 Å². The molecule has 0 radical (unpaired) electrons. The first-order chi connectivity index (χ1) is 7.49. The van der Waals surface area contributed by atoms with Crippen LogP contribution in [0.2, 0.25) is 0 Å². The van der Waals surface area contributed by atoms with E-state index in [1.807, 2.05) is 0 Å². The second kappa shape index (κ2) is 5.06. The van der Waals surface area contributed by atoms with E-state index in [0.717, 1.165) is 0 Å². The zero-order valence-electron chi connectivity index (χ0n) is 8.54. The van der Waals surface area contributed by atoms with Crippen molar-refractivity contribution in [2.75, 3.05) is 5.32 Å². The Morgan fingerprint density at radius 3 is 2.62 bits per heavy atom. The van der Waals surface area contributed by atoms with Crippen molar-refractivity contribution in [2.45, 2.75) is 19.4 Å². The highest BCUT2D eigenvalue weighted by Crippen LogP contribution is 2.07. The van der Waals surface area contributed by atoms with Gasteiger partial charge in [0.05, 0.1) is 6.42 Å². The number of carbonyl (C=O) groups is 2. The average molecular weight is 225 g/mol. The summed E-state index contributed by atoms with van der Waals surface area (Å²) < 4.78 is 0. The van der Waals surface area contributed by atoms with E-state index in [9.17, 15) is 9.59 Å². The van der Waals surface area contributed by atoms with Crippen LogP contribution >= 0.6 is 0 Å². The molecule has 3 N–H and O–H groups in total. The van der Waals surface area contributed by atoms with Crippen LogP contribution in [0.3, 0.4) is 0 Å². The number of nitrogens with one attached hydrogen (secondary N) is 1. The van der Waals surface area contributed by atoms with Crippen LogP contribution in [0.15, 0.2) is 12.4 Å². The minimum Gasteiger partial charge on any atom is -0.481 e. The molecule has 86 valence electrons. The fraction of sp³-hybridized carbons (Fsp3) is 0.333. The number of hydrogen-bond acceptors (Lipinski definition) is 5. The molecule has 1 atom stereocenters. The molecule has 0 aliphatic carbocycles. The zero-order chi connectivity index (χ0) is 12.1. The normalized spacial score (nSPS) is 11.8. The predicted octanol–water partition coefficient (Wildman–Crippen LogP) is 0.125. The Morgan fingerprint density at radius 2 is 2.12 bits per heavy atom. The molecular formula is C9H11N3O4. The Balaban J connectivity index is 2.75. The summed E-state index contributed by atoms with van der Waals surface area (Å²) in [6.45, 7) is 1.72. The molecule has 1 unspecified atom stereocenters. The fourth-order valence-corrected chi connectivity index (χ4v) is 1.09. The number of aryl methyl sites for hydroxylation is 1. The Hall–Kier alpha value is -2.18. The van der Waals surface area contributed by atoms with Gasteiger partial charge in [-0.05, 0) is 6.92 Å². The van der Waals surface area contributed by atoms with Crippen LogP contribution in [0.1, 0.15) is 12.1 Å². The minimum absolute atomic E-state index is 0.293. The Labute approximate surface area is 91.2 Å². The van der Waals surface area contributed by atoms with Gasteiger partial charge < -0.3 is 15.5 Å². The molecule has 0 spiro atoms. The van der Waals surface area contributed by atoms with E-state index < -0.39 is 24.4 Å². The highest BCUT2D eigenvalue weighted by atomic mass is 16.4. The molecular weight excluding hydrogens is 214 g/mol. The lowest BCUT2D eigenvalue weighted by molar-refractivity contribution is -0.144. The summed E-state index contributed by atoms with van der Waals surface area (Å²) in [6, 6.07) is 0.337. The molecule has 1 aromatic heterocycles. The fourth-order valence-electron chi connectivity index (χ4n) is 1.09. The topological polar surface area (TPSA) is 112 Å². The van der Waals surface area contributed by atoms with Gasteiger partial charge in [0.1, 0.15) is 18.2 Å². The second-order valence-electron chi connectivity index (χ2n) is 3.18. The maximum absolute atomic E-state index is 10.8. The molecule has 0 saturated heterocycles. The molecule has 0 bridgehead atoms. The molecule has 0 amide bonds. The van der Waals surface area contributed by atoms with Gasteiger partial charge in [-0.1, -0.05) is 0 Å². The number of aromatic nitrogens is 2. The predicted molar refractivity (Wildman–Crippen MR) is 54.1 cm³/mol. The Bertz CT molecular complexity index is 407. The Kier molecular flexibility index (Phi) is 3.76. The molecule has 0 aromatic carbocycles. The van der Waals surface area contributed by atoms with Gasteiger partial charge in [-0.2, -0.15) is 0 Å². The summed E-state index contributed by atoms with van der Waals surface area (Å²) >= 11 is 0. The zero-order valence-corrected chi connectivity index (χ0v) is 8.54. The van der Waals surface area contributed by atoms with Crippen molar-refractivity contribution in [2.24, 2.45) is 0 Å². The third-order valence-corrected chi connectivity index (χ3v) is 1.80. The van der Waals surface area contributed by atoms with Crippen molar-refractivity contribution in [3.05, 3.63) is 18.1 Å². The third-order valence-electron chi connectivity index (χ3n) is 1.80. The Morgan fingerprint density at radius 1 is 1.44 bits per heavy atom.